The van der Waals surface area contributed by atoms with Gasteiger partial charge in [0, 0.05) is 56.6 Å². The predicted molar refractivity (Wildman–Crippen MR) is 111 cm³/mol. The number of Topliss-reactive ketones (excluding diaryl/α,β-unsaturated/α-hetero) is 1. The summed E-state index contributed by atoms with van der Waals surface area (Å²) >= 11 is 0. The van der Waals surface area contributed by atoms with Gasteiger partial charge < -0.3 is 4.90 Å². The predicted octanol–water partition coefficient (Wildman–Crippen LogP) is 4.37. The van der Waals surface area contributed by atoms with Crippen molar-refractivity contribution in [3.63, 3.8) is 0 Å². The molecule has 28 heavy (non-hydrogen) atoms. The average Bonchev–Trinajstić information content (AvgIpc) is 2.74. The van der Waals surface area contributed by atoms with Crippen LogP contribution in [-0.4, -0.2) is 48.3 Å². The van der Waals surface area contributed by atoms with Gasteiger partial charge in [0.25, 0.3) is 0 Å². The minimum absolute atomic E-state index is 0.0860. The lowest BCUT2D eigenvalue weighted by Gasteiger charge is -2.34. The topological polar surface area (TPSA) is 23.6 Å². The molecule has 144 valence electrons. The Morgan fingerprint density at radius 3 is 2.18 bits per heavy atom. The van der Waals surface area contributed by atoms with Crippen LogP contribution in [0.4, 0.5) is 4.39 Å². The van der Waals surface area contributed by atoms with E-state index in [9.17, 15) is 9.18 Å². The molecule has 4 rings (SSSR count). The van der Waals surface area contributed by atoms with Crippen LogP contribution < -0.4 is 0 Å². The SMILES string of the molecule is O=C(CCN1CCN(Cc2ccccc2)CC1)c1ccc(F)c2ccccc12. The van der Waals surface area contributed by atoms with Crippen molar-refractivity contribution < 1.29 is 9.18 Å². The van der Waals surface area contributed by atoms with Gasteiger partial charge in [-0.25, -0.2) is 4.39 Å². The van der Waals surface area contributed by atoms with Crippen LogP contribution in [0.25, 0.3) is 10.8 Å². The zero-order valence-electron chi connectivity index (χ0n) is 16.0. The van der Waals surface area contributed by atoms with Crippen molar-refractivity contribution in [2.75, 3.05) is 32.7 Å². The first-order valence-corrected chi connectivity index (χ1v) is 9.90. The highest BCUT2D eigenvalue weighted by Crippen LogP contribution is 2.23. The summed E-state index contributed by atoms with van der Waals surface area (Å²) in [6.07, 6.45) is 0.467. The fourth-order valence-corrected chi connectivity index (χ4v) is 3.91. The Bertz CT molecular complexity index is 949. The van der Waals surface area contributed by atoms with Gasteiger partial charge in [-0.15, -0.1) is 0 Å². The molecule has 0 radical (unpaired) electrons. The minimum Gasteiger partial charge on any atom is -0.300 e. The maximum Gasteiger partial charge on any atom is 0.164 e. The summed E-state index contributed by atoms with van der Waals surface area (Å²) < 4.78 is 14.0. The molecule has 0 bridgehead atoms. The molecule has 1 saturated heterocycles. The molecule has 3 aromatic carbocycles. The molecule has 1 heterocycles. The lowest BCUT2D eigenvalue weighted by molar-refractivity contribution is 0.0924. The van der Waals surface area contributed by atoms with Crippen molar-refractivity contribution in [2.24, 2.45) is 0 Å². The fourth-order valence-electron chi connectivity index (χ4n) is 3.91. The normalized spacial score (nSPS) is 15.8. The van der Waals surface area contributed by atoms with Crippen LogP contribution in [0.1, 0.15) is 22.3 Å². The quantitative estimate of drug-likeness (QED) is 0.597. The van der Waals surface area contributed by atoms with Crippen LogP contribution in [0, 0.1) is 5.82 Å². The number of carbonyl (C=O) groups is 1. The molecule has 0 spiro atoms. The summed E-state index contributed by atoms with van der Waals surface area (Å²) in [5, 5.41) is 1.23. The second-order valence-corrected chi connectivity index (χ2v) is 7.42. The second-order valence-electron chi connectivity index (χ2n) is 7.42. The zero-order chi connectivity index (χ0) is 19.3. The third-order valence-corrected chi connectivity index (χ3v) is 5.54. The van der Waals surface area contributed by atoms with Gasteiger partial charge in [0.1, 0.15) is 5.82 Å². The molecule has 3 aromatic rings. The van der Waals surface area contributed by atoms with Gasteiger partial charge in [-0.1, -0.05) is 54.6 Å². The number of hydrogen-bond acceptors (Lipinski definition) is 3. The number of ketones is 1. The number of piperazine rings is 1. The number of fused-ring (bicyclic) bond motifs is 1. The van der Waals surface area contributed by atoms with Crippen molar-refractivity contribution in [2.45, 2.75) is 13.0 Å². The molecule has 4 heteroatoms. The Balaban J connectivity index is 1.31. The molecule has 0 unspecified atom stereocenters. The van der Waals surface area contributed by atoms with E-state index >= 15 is 0 Å². The summed E-state index contributed by atoms with van der Waals surface area (Å²) in [5.41, 5.74) is 1.97. The van der Waals surface area contributed by atoms with Gasteiger partial charge in [-0.05, 0) is 23.1 Å². The molecule has 0 saturated carbocycles. The second kappa shape index (κ2) is 8.63. The lowest BCUT2D eigenvalue weighted by atomic mass is 9.99. The van der Waals surface area contributed by atoms with Crippen molar-refractivity contribution in [3.05, 3.63) is 83.7 Å². The lowest BCUT2D eigenvalue weighted by Crippen LogP contribution is -2.46. The Morgan fingerprint density at radius 2 is 1.43 bits per heavy atom. The van der Waals surface area contributed by atoms with Crippen molar-refractivity contribution in [3.8, 4) is 0 Å². The molecular formula is C24H25FN2O. The summed E-state index contributed by atoms with van der Waals surface area (Å²) in [7, 11) is 0. The number of hydrogen-bond donors (Lipinski definition) is 0. The van der Waals surface area contributed by atoms with E-state index in [1.807, 2.05) is 18.2 Å². The number of benzene rings is 3. The van der Waals surface area contributed by atoms with Gasteiger partial charge >= 0.3 is 0 Å². The number of carbonyl (C=O) groups excluding carboxylic acids is 1. The molecule has 1 fully saturated rings. The first-order chi connectivity index (χ1) is 13.7. The molecule has 1 aliphatic rings. The molecule has 0 aliphatic carbocycles. The fraction of sp³-hybridized carbons (Fsp3) is 0.292. The summed E-state index contributed by atoms with van der Waals surface area (Å²) in [4.78, 5) is 17.6. The van der Waals surface area contributed by atoms with Gasteiger partial charge in [0.05, 0.1) is 0 Å². The van der Waals surface area contributed by atoms with E-state index in [1.165, 1.54) is 11.6 Å². The monoisotopic (exact) mass is 376 g/mol. The van der Waals surface area contributed by atoms with Crippen molar-refractivity contribution >= 4 is 16.6 Å². The first kappa shape index (κ1) is 18.8. The Morgan fingerprint density at radius 1 is 0.786 bits per heavy atom. The van der Waals surface area contributed by atoms with Crippen LogP contribution in [0.5, 0.6) is 0 Å². The molecule has 3 nitrogen and oxygen atoms in total. The van der Waals surface area contributed by atoms with Crippen molar-refractivity contribution in [1.29, 1.82) is 0 Å². The van der Waals surface area contributed by atoms with Gasteiger partial charge in [0.2, 0.25) is 0 Å². The number of rotatable bonds is 6. The van der Waals surface area contributed by atoms with Crippen LogP contribution in [0.3, 0.4) is 0 Å². The summed E-state index contributed by atoms with van der Waals surface area (Å²) in [5.74, 6) is -0.190. The number of halogens is 1. The highest BCUT2D eigenvalue weighted by Gasteiger charge is 2.19. The van der Waals surface area contributed by atoms with E-state index in [4.69, 9.17) is 0 Å². The third kappa shape index (κ3) is 4.29. The van der Waals surface area contributed by atoms with Crippen molar-refractivity contribution in [1.82, 2.24) is 9.80 Å². The standard InChI is InChI=1S/C24H25FN2O/c25-23-11-10-22(20-8-4-5-9-21(20)23)24(28)12-13-26-14-16-27(17-15-26)18-19-6-2-1-3-7-19/h1-11H,12-18H2. The third-order valence-electron chi connectivity index (χ3n) is 5.54. The molecule has 0 aromatic heterocycles. The highest BCUT2D eigenvalue weighted by molar-refractivity contribution is 6.08. The van der Waals surface area contributed by atoms with E-state index in [1.54, 1.807) is 18.2 Å². The van der Waals surface area contributed by atoms with E-state index in [0.717, 1.165) is 39.3 Å². The first-order valence-electron chi connectivity index (χ1n) is 9.90. The van der Waals surface area contributed by atoms with Crippen LogP contribution in [0.15, 0.2) is 66.7 Å². The maximum absolute atomic E-state index is 14.0. The Kier molecular flexibility index (Phi) is 5.79. The van der Waals surface area contributed by atoms with Crippen LogP contribution in [0.2, 0.25) is 0 Å². The van der Waals surface area contributed by atoms with E-state index in [0.29, 0.717) is 22.8 Å². The largest absolute Gasteiger partial charge is 0.300 e. The molecule has 0 N–H and O–H groups in total. The summed E-state index contributed by atoms with van der Waals surface area (Å²) in [6, 6.07) is 20.8. The number of nitrogens with zero attached hydrogens (tertiary/aromatic N) is 2. The van der Waals surface area contributed by atoms with Gasteiger partial charge in [0.15, 0.2) is 5.78 Å². The minimum atomic E-state index is -0.276. The Labute approximate surface area is 165 Å². The smallest absolute Gasteiger partial charge is 0.164 e. The van der Waals surface area contributed by atoms with E-state index in [-0.39, 0.29) is 11.6 Å². The van der Waals surface area contributed by atoms with Crippen LogP contribution in [-0.2, 0) is 6.54 Å². The molecule has 0 atom stereocenters. The van der Waals surface area contributed by atoms with Crippen LogP contribution >= 0.6 is 0 Å². The Hall–Kier alpha value is -2.56. The van der Waals surface area contributed by atoms with E-state index in [2.05, 4.69) is 34.1 Å². The highest BCUT2D eigenvalue weighted by atomic mass is 19.1. The molecule has 1 aliphatic heterocycles. The van der Waals surface area contributed by atoms with Gasteiger partial charge in [-0.3, -0.25) is 9.69 Å². The average molecular weight is 376 g/mol. The zero-order valence-corrected chi connectivity index (χ0v) is 16.0. The maximum atomic E-state index is 14.0. The molecular weight excluding hydrogens is 351 g/mol. The van der Waals surface area contributed by atoms with E-state index < -0.39 is 0 Å². The van der Waals surface area contributed by atoms with Gasteiger partial charge in [-0.2, -0.15) is 0 Å². The summed E-state index contributed by atoms with van der Waals surface area (Å²) in [6.45, 7) is 5.72. The molecule has 0 amide bonds.